The Balaban J connectivity index is 1.80. The summed E-state index contributed by atoms with van der Waals surface area (Å²) in [5.74, 6) is 0. The molecular weight excluding hydrogens is 276 g/mol. The third-order valence-electron chi connectivity index (χ3n) is 2.73. The van der Waals surface area contributed by atoms with Crippen molar-refractivity contribution in [1.29, 1.82) is 0 Å². The Morgan fingerprint density at radius 1 is 1.30 bits per heavy atom. The van der Waals surface area contributed by atoms with Gasteiger partial charge in [0.05, 0.1) is 27.4 Å². The number of nitro groups is 1. The lowest BCUT2D eigenvalue weighted by Crippen LogP contribution is -2.00. The molecule has 0 amide bonds. The number of hydrogen-bond acceptors (Lipinski definition) is 6. The van der Waals surface area contributed by atoms with Gasteiger partial charge in [-0.3, -0.25) is 15.1 Å². The number of non-ortho nitro benzene ring substituents is 1. The van der Waals surface area contributed by atoms with Crippen LogP contribution < -0.4 is 5.32 Å². The largest absolute Gasteiger partial charge is 0.356 e. The van der Waals surface area contributed by atoms with Gasteiger partial charge >= 0.3 is 0 Å². The molecular formula is C13H10N4O2S. The van der Waals surface area contributed by atoms with E-state index < -0.39 is 4.92 Å². The van der Waals surface area contributed by atoms with E-state index in [1.54, 1.807) is 18.3 Å². The van der Waals surface area contributed by atoms with E-state index in [0.717, 1.165) is 21.0 Å². The fraction of sp³-hybridized carbons (Fsp3) is 0.0769. The first-order chi connectivity index (χ1) is 9.72. The first kappa shape index (κ1) is 12.5. The highest BCUT2D eigenvalue weighted by Crippen LogP contribution is 2.29. The predicted molar refractivity (Wildman–Crippen MR) is 77.8 cm³/mol. The first-order valence-electron chi connectivity index (χ1n) is 5.91. The first-order valence-corrected chi connectivity index (χ1v) is 6.73. The number of hydrogen-bond donors (Lipinski definition) is 1. The molecule has 100 valence electrons. The summed E-state index contributed by atoms with van der Waals surface area (Å²) >= 11 is 1.39. The van der Waals surface area contributed by atoms with E-state index >= 15 is 0 Å². The lowest BCUT2D eigenvalue weighted by Gasteiger charge is -2.00. The number of thiazole rings is 1. The Labute approximate surface area is 118 Å². The number of benzene rings is 1. The summed E-state index contributed by atoms with van der Waals surface area (Å²) in [6.07, 6.45) is 1.73. The lowest BCUT2D eigenvalue weighted by atomic mass is 10.3. The highest BCUT2D eigenvalue weighted by atomic mass is 32.1. The van der Waals surface area contributed by atoms with E-state index in [0.29, 0.717) is 6.54 Å². The van der Waals surface area contributed by atoms with Crippen LogP contribution in [0.25, 0.3) is 10.2 Å². The molecule has 0 saturated carbocycles. The van der Waals surface area contributed by atoms with Crippen molar-refractivity contribution >= 4 is 32.4 Å². The minimum absolute atomic E-state index is 0.0810. The number of nitrogens with zero attached hydrogens (tertiary/aromatic N) is 3. The molecule has 0 radical (unpaired) electrons. The molecule has 6 nitrogen and oxygen atoms in total. The summed E-state index contributed by atoms with van der Waals surface area (Å²) in [6, 6.07) is 10.4. The SMILES string of the molecule is O=[N+]([O-])c1ccc2nc(NCc3ccccn3)sc2c1. The smallest absolute Gasteiger partial charge is 0.270 e. The van der Waals surface area contributed by atoms with Gasteiger partial charge in [0.25, 0.3) is 5.69 Å². The molecule has 2 heterocycles. The second-order valence-corrected chi connectivity index (χ2v) is 5.13. The highest BCUT2D eigenvalue weighted by molar-refractivity contribution is 7.22. The number of nitrogens with one attached hydrogen (secondary N) is 1. The van der Waals surface area contributed by atoms with Crippen molar-refractivity contribution in [3.05, 3.63) is 58.4 Å². The molecule has 2 aromatic heterocycles. The van der Waals surface area contributed by atoms with Crippen molar-refractivity contribution < 1.29 is 4.92 Å². The van der Waals surface area contributed by atoms with Gasteiger partial charge in [0.15, 0.2) is 5.13 Å². The van der Waals surface area contributed by atoms with Crippen molar-refractivity contribution in [3.8, 4) is 0 Å². The van der Waals surface area contributed by atoms with Crippen LogP contribution in [0.5, 0.6) is 0 Å². The van der Waals surface area contributed by atoms with Gasteiger partial charge in [-0.1, -0.05) is 17.4 Å². The zero-order valence-corrected chi connectivity index (χ0v) is 11.1. The molecule has 3 rings (SSSR count). The number of pyridine rings is 1. The fourth-order valence-corrected chi connectivity index (χ4v) is 2.67. The van der Waals surface area contributed by atoms with E-state index in [1.165, 1.54) is 17.4 Å². The van der Waals surface area contributed by atoms with Crippen molar-refractivity contribution in [1.82, 2.24) is 9.97 Å². The molecule has 0 fully saturated rings. The normalized spacial score (nSPS) is 10.6. The summed E-state index contributed by atoms with van der Waals surface area (Å²) in [5.41, 5.74) is 1.75. The Morgan fingerprint density at radius 2 is 2.20 bits per heavy atom. The van der Waals surface area contributed by atoms with Crippen LogP contribution in [0.3, 0.4) is 0 Å². The maximum Gasteiger partial charge on any atom is 0.270 e. The average Bonchev–Trinajstić information content (AvgIpc) is 2.88. The summed E-state index contributed by atoms with van der Waals surface area (Å²) < 4.78 is 0.794. The molecule has 0 unspecified atom stereocenters. The van der Waals surface area contributed by atoms with E-state index in [9.17, 15) is 10.1 Å². The highest BCUT2D eigenvalue weighted by Gasteiger charge is 2.10. The third-order valence-corrected chi connectivity index (χ3v) is 3.71. The number of aromatic nitrogens is 2. The molecule has 1 aromatic carbocycles. The van der Waals surface area contributed by atoms with Crippen LogP contribution >= 0.6 is 11.3 Å². The minimum atomic E-state index is -0.403. The summed E-state index contributed by atoms with van der Waals surface area (Å²) in [5, 5.41) is 14.6. The quantitative estimate of drug-likeness (QED) is 0.588. The molecule has 20 heavy (non-hydrogen) atoms. The summed E-state index contributed by atoms with van der Waals surface area (Å²) in [4.78, 5) is 18.9. The van der Waals surface area contributed by atoms with Crippen LogP contribution in [0, 0.1) is 10.1 Å². The molecule has 7 heteroatoms. The van der Waals surface area contributed by atoms with Gasteiger partial charge in [0.2, 0.25) is 0 Å². The lowest BCUT2D eigenvalue weighted by molar-refractivity contribution is -0.384. The molecule has 0 aliphatic heterocycles. The van der Waals surface area contributed by atoms with Gasteiger partial charge in [-0.15, -0.1) is 0 Å². The van der Waals surface area contributed by atoms with Crippen LogP contribution in [-0.4, -0.2) is 14.9 Å². The van der Waals surface area contributed by atoms with Crippen molar-refractivity contribution in [3.63, 3.8) is 0 Å². The van der Waals surface area contributed by atoms with Crippen LogP contribution in [0.2, 0.25) is 0 Å². The zero-order valence-electron chi connectivity index (χ0n) is 10.3. The number of anilines is 1. The van der Waals surface area contributed by atoms with Gasteiger partial charge < -0.3 is 5.32 Å². The Kier molecular flexibility index (Phi) is 3.26. The van der Waals surface area contributed by atoms with Crippen LogP contribution in [0.15, 0.2) is 42.6 Å². The molecule has 0 aliphatic rings. The summed E-state index contributed by atoms with van der Waals surface area (Å²) in [7, 11) is 0. The third kappa shape index (κ3) is 2.57. The van der Waals surface area contributed by atoms with Gasteiger partial charge in [-0.2, -0.15) is 0 Å². The Hall–Kier alpha value is -2.54. The Bertz CT molecular complexity index is 757. The maximum atomic E-state index is 10.7. The molecule has 1 N–H and O–H groups in total. The topological polar surface area (TPSA) is 81.0 Å². The number of fused-ring (bicyclic) bond motifs is 1. The number of rotatable bonds is 4. The van der Waals surface area contributed by atoms with E-state index in [2.05, 4.69) is 15.3 Å². The minimum Gasteiger partial charge on any atom is -0.356 e. The molecule has 0 bridgehead atoms. The van der Waals surface area contributed by atoms with E-state index in [-0.39, 0.29) is 5.69 Å². The standard InChI is InChI=1S/C13H10N4O2S/c18-17(19)10-4-5-11-12(7-10)20-13(16-11)15-8-9-3-1-2-6-14-9/h1-7H,8H2,(H,15,16). The monoisotopic (exact) mass is 286 g/mol. The van der Waals surface area contributed by atoms with Gasteiger partial charge in [-0.05, 0) is 18.2 Å². The molecule has 0 aliphatic carbocycles. The predicted octanol–water partition coefficient (Wildman–Crippen LogP) is 3.21. The van der Waals surface area contributed by atoms with E-state index in [4.69, 9.17) is 0 Å². The van der Waals surface area contributed by atoms with Gasteiger partial charge in [0.1, 0.15) is 0 Å². The second-order valence-electron chi connectivity index (χ2n) is 4.10. The van der Waals surface area contributed by atoms with Gasteiger partial charge in [-0.25, -0.2) is 4.98 Å². The van der Waals surface area contributed by atoms with Crippen molar-refractivity contribution in [2.45, 2.75) is 6.54 Å². The second kappa shape index (κ2) is 5.22. The summed E-state index contributed by atoms with van der Waals surface area (Å²) in [6.45, 7) is 0.572. The Morgan fingerprint density at radius 3 is 2.95 bits per heavy atom. The molecule has 3 aromatic rings. The van der Waals surface area contributed by atoms with Crippen molar-refractivity contribution in [2.75, 3.05) is 5.32 Å². The fourth-order valence-electron chi connectivity index (χ4n) is 1.77. The molecule has 0 atom stereocenters. The molecule has 0 saturated heterocycles. The van der Waals surface area contributed by atoms with Crippen molar-refractivity contribution in [2.24, 2.45) is 0 Å². The van der Waals surface area contributed by atoms with Crippen LogP contribution in [0.1, 0.15) is 5.69 Å². The van der Waals surface area contributed by atoms with Crippen LogP contribution in [-0.2, 0) is 6.54 Å². The number of nitro benzene ring substituents is 1. The molecule has 0 spiro atoms. The van der Waals surface area contributed by atoms with Crippen LogP contribution in [0.4, 0.5) is 10.8 Å². The van der Waals surface area contributed by atoms with E-state index in [1.807, 2.05) is 18.2 Å². The average molecular weight is 286 g/mol. The maximum absolute atomic E-state index is 10.7. The zero-order chi connectivity index (χ0) is 13.9. The van der Waals surface area contributed by atoms with Gasteiger partial charge in [0, 0.05) is 18.3 Å².